The van der Waals surface area contributed by atoms with Crippen molar-refractivity contribution in [3.05, 3.63) is 24.3 Å². The van der Waals surface area contributed by atoms with Crippen LogP contribution in [0.25, 0.3) is 0 Å². The Bertz CT molecular complexity index is 528. The Morgan fingerprint density at radius 1 is 0.385 bits per heavy atom. The summed E-state index contributed by atoms with van der Waals surface area (Å²) in [5.41, 5.74) is 0. The normalized spacial score (nSPS) is 11.6. The van der Waals surface area contributed by atoms with E-state index in [9.17, 15) is 9.59 Å². The first-order chi connectivity index (χ1) is 19.2. The number of carbonyl (C=O) groups excluding carboxylic acids is 2. The van der Waals surface area contributed by atoms with E-state index in [1.165, 1.54) is 166 Å². The average Bonchev–Trinajstić information content (AvgIpc) is 2.93. The Morgan fingerprint density at radius 2 is 0.615 bits per heavy atom. The third-order valence-corrected chi connectivity index (χ3v) is 7.66. The molecule has 0 amide bonds. The van der Waals surface area contributed by atoms with Gasteiger partial charge in [-0.1, -0.05) is 180 Å². The van der Waals surface area contributed by atoms with Gasteiger partial charge in [0, 0.05) is 12.2 Å². The van der Waals surface area contributed by atoms with Gasteiger partial charge in [0.15, 0.2) is 0 Å². The minimum absolute atomic E-state index is 0.555. The van der Waals surface area contributed by atoms with E-state index in [-0.39, 0.29) is 0 Å². The highest BCUT2D eigenvalue weighted by atomic mass is 16.6. The van der Waals surface area contributed by atoms with Crippen LogP contribution in [-0.2, 0) is 14.3 Å². The Labute approximate surface area is 244 Å². The van der Waals surface area contributed by atoms with Crippen molar-refractivity contribution in [1.29, 1.82) is 0 Å². The van der Waals surface area contributed by atoms with Gasteiger partial charge in [-0.3, -0.25) is 0 Å². The number of unbranched alkanes of at least 4 members (excludes halogenated alkanes) is 26. The number of carbonyl (C=O) groups is 2. The lowest BCUT2D eigenvalue weighted by molar-refractivity contribution is -0.152. The van der Waals surface area contributed by atoms with Crippen LogP contribution < -0.4 is 0 Å². The van der Waals surface area contributed by atoms with Crippen molar-refractivity contribution in [2.45, 2.75) is 194 Å². The molecule has 0 rings (SSSR count). The monoisotopic (exact) mass is 547 g/mol. The van der Waals surface area contributed by atoms with Gasteiger partial charge in [0.2, 0.25) is 0 Å². The van der Waals surface area contributed by atoms with Gasteiger partial charge in [0.25, 0.3) is 0 Å². The molecule has 3 nitrogen and oxygen atoms in total. The molecule has 0 radical (unpaired) electrons. The Hall–Kier alpha value is -1.38. The second-order valence-corrected chi connectivity index (χ2v) is 11.6. The molecule has 3 heteroatoms. The van der Waals surface area contributed by atoms with Crippen LogP contribution in [0.15, 0.2) is 24.3 Å². The van der Waals surface area contributed by atoms with E-state index in [2.05, 4.69) is 13.8 Å². The third-order valence-electron chi connectivity index (χ3n) is 7.66. The van der Waals surface area contributed by atoms with Crippen molar-refractivity contribution >= 4 is 11.9 Å². The van der Waals surface area contributed by atoms with E-state index in [1.807, 2.05) is 12.2 Å². The van der Waals surface area contributed by atoms with Crippen LogP contribution in [0.4, 0.5) is 0 Å². The number of allylic oxidation sites excluding steroid dienone is 2. The smallest absolute Gasteiger partial charge is 0.338 e. The van der Waals surface area contributed by atoms with Crippen molar-refractivity contribution < 1.29 is 14.3 Å². The van der Waals surface area contributed by atoms with E-state index < -0.39 is 11.9 Å². The van der Waals surface area contributed by atoms with E-state index in [1.54, 1.807) is 0 Å². The minimum Gasteiger partial charge on any atom is -0.387 e. The molecule has 228 valence electrons. The first-order valence-electron chi connectivity index (χ1n) is 17.3. The van der Waals surface area contributed by atoms with Gasteiger partial charge in [-0.2, -0.15) is 0 Å². The Balaban J connectivity index is 3.42. The van der Waals surface area contributed by atoms with E-state index in [0.717, 1.165) is 25.7 Å². The molecule has 0 bridgehead atoms. The van der Waals surface area contributed by atoms with Gasteiger partial charge >= 0.3 is 11.9 Å². The van der Waals surface area contributed by atoms with E-state index in [0.29, 0.717) is 0 Å². The summed E-state index contributed by atoms with van der Waals surface area (Å²) < 4.78 is 4.84. The van der Waals surface area contributed by atoms with Gasteiger partial charge in [-0.25, -0.2) is 9.59 Å². The summed E-state index contributed by atoms with van der Waals surface area (Å²) in [4.78, 5) is 23.6. The highest BCUT2D eigenvalue weighted by molar-refractivity contribution is 5.96. The summed E-state index contributed by atoms with van der Waals surface area (Å²) in [5, 5.41) is 0. The fraction of sp³-hybridized carbons (Fsp3) is 0.833. The summed E-state index contributed by atoms with van der Waals surface area (Å²) >= 11 is 0. The maximum atomic E-state index is 11.8. The lowest BCUT2D eigenvalue weighted by Gasteiger charge is -2.02. The summed E-state index contributed by atoms with van der Waals surface area (Å²) in [6, 6.07) is 0. The molecule has 0 heterocycles. The molecule has 0 aromatic heterocycles. The van der Waals surface area contributed by atoms with Crippen LogP contribution in [0, 0.1) is 0 Å². The SMILES string of the molecule is CCCCCCCCCCCCCCCC=CC(=O)OC(=O)C=CCCCCCCCCCCCCCCC. The van der Waals surface area contributed by atoms with Crippen LogP contribution in [0.1, 0.15) is 194 Å². The molecule has 0 N–H and O–H groups in total. The maximum Gasteiger partial charge on any atom is 0.338 e. The summed E-state index contributed by atoms with van der Waals surface area (Å²) in [5.74, 6) is -1.11. The van der Waals surface area contributed by atoms with Crippen LogP contribution in [0.3, 0.4) is 0 Å². The fourth-order valence-corrected chi connectivity index (χ4v) is 5.09. The van der Waals surface area contributed by atoms with Crippen LogP contribution >= 0.6 is 0 Å². The second kappa shape index (κ2) is 32.8. The number of ether oxygens (including phenoxy) is 1. The van der Waals surface area contributed by atoms with Crippen molar-refractivity contribution in [2.75, 3.05) is 0 Å². The van der Waals surface area contributed by atoms with Crippen LogP contribution in [0.5, 0.6) is 0 Å². The topological polar surface area (TPSA) is 43.4 Å². The van der Waals surface area contributed by atoms with Crippen molar-refractivity contribution in [3.63, 3.8) is 0 Å². The lowest BCUT2D eigenvalue weighted by atomic mass is 10.0. The molecule has 0 aromatic carbocycles. The minimum atomic E-state index is -0.555. The van der Waals surface area contributed by atoms with Crippen molar-refractivity contribution in [1.82, 2.24) is 0 Å². The molecule has 39 heavy (non-hydrogen) atoms. The molecule has 0 aliphatic carbocycles. The van der Waals surface area contributed by atoms with Gasteiger partial charge in [0.05, 0.1) is 0 Å². The maximum absolute atomic E-state index is 11.8. The van der Waals surface area contributed by atoms with Crippen LogP contribution in [-0.4, -0.2) is 11.9 Å². The highest BCUT2D eigenvalue weighted by Gasteiger charge is 2.03. The largest absolute Gasteiger partial charge is 0.387 e. The molecular formula is C36H66O3. The zero-order chi connectivity index (χ0) is 28.5. The van der Waals surface area contributed by atoms with Crippen molar-refractivity contribution in [3.8, 4) is 0 Å². The standard InChI is InChI=1S/C36H66O3/c1-3-5-7-9-11-13-15-17-19-21-23-25-27-29-31-33-35(37)39-36(38)34-32-30-28-26-24-22-20-18-16-14-12-10-8-6-4-2/h31-34H,3-30H2,1-2H3. The zero-order valence-corrected chi connectivity index (χ0v) is 26.3. The second-order valence-electron chi connectivity index (χ2n) is 11.6. The summed E-state index contributed by atoms with van der Waals surface area (Å²) in [6.45, 7) is 4.54. The molecule has 0 aliphatic heterocycles. The lowest BCUT2D eigenvalue weighted by Crippen LogP contribution is -2.06. The molecule has 0 saturated heterocycles. The van der Waals surface area contributed by atoms with Gasteiger partial charge in [-0.05, 0) is 25.7 Å². The molecule has 0 unspecified atom stereocenters. The molecule has 0 aliphatic rings. The van der Waals surface area contributed by atoms with E-state index >= 15 is 0 Å². The van der Waals surface area contributed by atoms with Gasteiger partial charge in [0.1, 0.15) is 0 Å². The first kappa shape index (κ1) is 37.6. The Morgan fingerprint density at radius 3 is 0.872 bits per heavy atom. The quantitative estimate of drug-likeness (QED) is 0.0389. The Kier molecular flexibility index (Phi) is 31.7. The molecule has 0 fully saturated rings. The molecule has 0 atom stereocenters. The van der Waals surface area contributed by atoms with Gasteiger partial charge < -0.3 is 4.74 Å². The third kappa shape index (κ3) is 32.7. The number of rotatable bonds is 30. The molecule has 0 aromatic rings. The van der Waals surface area contributed by atoms with Crippen LogP contribution in [0.2, 0.25) is 0 Å². The number of esters is 2. The highest BCUT2D eigenvalue weighted by Crippen LogP contribution is 2.14. The number of hydrogen-bond acceptors (Lipinski definition) is 3. The predicted molar refractivity (Wildman–Crippen MR) is 170 cm³/mol. The average molecular weight is 547 g/mol. The fourth-order valence-electron chi connectivity index (χ4n) is 5.09. The first-order valence-corrected chi connectivity index (χ1v) is 17.3. The summed E-state index contributed by atoms with van der Waals surface area (Å²) in [6.07, 6.45) is 43.0. The molecule has 0 saturated carbocycles. The predicted octanol–water partition coefficient (Wildman–Crippen LogP) is 12.1. The van der Waals surface area contributed by atoms with E-state index in [4.69, 9.17) is 4.74 Å². The number of hydrogen-bond donors (Lipinski definition) is 0. The van der Waals surface area contributed by atoms with Gasteiger partial charge in [-0.15, -0.1) is 0 Å². The molecule has 0 spiro atoms. The summed E-state index contributed by atoms with van der Waals surface area (Å²) in [7, 11) is 0. The zero-order valence-electron chi connectivity index (χ0n) is 26.3. The van der Waals surface area contributed by atoms with Crippen molar-refractivity contribution in [2.24, 2.45) is 0 Å². The molecular weight excluding hydrogens is 480 g/mol.